The van der Waals surface area contributed by atoms with Crippen molar-refractivity contribution in [1.29, 1.82) is 0 Å². The lowest BCUT2D eigenvalue weighted by Gasteiger charge is -2.14. The van der Waals surface area contributed by atoms with Crippen molar-refractivity contribution in [3.05, 3.63) is 100 Å². The first-order valence-electron chi connectivity index (χ1n) is 10.8. The molecule has 4 nitrogen and oxygen atoms in total. The average Bonchev–Trinajstić information content (AvgIpc) is 3.09. The van der Waals surface area contributed by atoms with Gasteiger partial charge >= 0.3 is 0 Å². The Bertz CT molecular complexity index is 1140. The zero-order chi connectivity index (χ0) is 23.0. The fourth-order valence-electron chi connectivity index (χ4n) is 3.36. The quantitative estimate of drug-likeness (QED) is 0.208. The molecule has 0 spiro atoms. The second-order valence-electron chi connectivity index (χ2n) is 7.64. The highest BCUT2D eigenvalue weighted by Crippen LogP contribution is 2.33. The monoisotopic (exact) mass is 475 g/mol. The molecule has 0 N–H and O–H groups in total. The highest BCUT2D eigenvalue weighted by molar-refractivity contribution is 8.26. The summed E-state index contributed by atoms with van der Waals surface area (Å²) < 4.78 is 12.2. The lowest BCUT2D eigenvalue weighted by Crippen LogP contribution is -2.27. The summed E-state index contributed by atoms with van der Waals surface area (Å²) in [6.07, 6.45) is 2.67. The predicted octanol–water partition coefficient (Wildman–Crippen LogP) is 6.24. The van der Waals surface area contributed by atoms with Crippen LogP contribution in [-0.2, 0) is 11.3 Å². The van der Waals surface area contributed by atoms with E-state index in [2.05, 4.69) is 0 Å². The van der Waals surface area contributed by atoms with Crippen LogP contribution in [0.4, 0.5) is 0 Å². The van der Waals surface area contributed by atoms with Gasteiger partial charge in [0, 0.05) is 6.42 Å². The van der Waals surface area contributed by atoms with E-state index < -0.39 is 0 Å². The van der Waals surface area contributed by atoms with Gasteiger partial charge in [0.15, 0.2) is 0 Å². The second-order valence-corrected chi connectivity index (χ2v) is 9.31. The molecule has 0 radical (unpaired) electrons. The molecule has 1 amide bonds. The van der Waals surface area contributed by atoms with Crippen LogP contribution in [-0.4, -0.2) is 28.3 Å². The Morgan fingerprint density at radius 2 is 1.61 bits per heavy atom. The van der Waals surface area contributed by atoms with Gasteiger partial charge in [-0.25, -0.2) is 0 Å². The summed E-state index contributed by atoms with van der Waals surface area (Å²) in [5.74, 6) is 1.65. The van der Waals surface area contributed by atoms with Crippen LogP contribution in [0.1, 0.15) is 23.1 Å². The van der Waals surface area contributed by atoms with E-state index in [4.69, 9.17) is 21.7 Å². The fraction of sp³-hybridized carbons (Fsp3) is 0.185. The van der Waals surface area contributed by atoms with Crippen LogP contribution in [0.5, 0.6) is 11.5 Å². The molecule has 3 aromatic rings. The van der Waals surface area contributed by atoms with Gasteiger partial charge in [-0.1, -0.05) is 84.6 Å². The topological polar surface area (TPSA) is 38.8 Å². The van der Waals surface area contributed by atoms with Gasteiger partial charge in [0.2, 0.25) is 0 Å². The molecule has 0 bridgehead atoms. The molecule has 1 aliphatic heterocycles. The molecule has 1 heterocycles. The molecule has 6 heteroatoms. The van der Waals surface area contributed by atoms with Crippen LogP contribution >= 0.6 is 24.0 Å². The number of benzene rings is 3. The summed E-state index contributed by atoms with van der Waals surface area (Å²) in [6, 6.07) is 25.6. The molecule has 1 fully saturated rings. The SMILES string of the molecule is Cc1ccccc1OCCCOc1ccc(C=C2SC(=S)N(Cc3ccccc3)C2=O)cc1. The highest BCUT2D eigenvalue weighted by Gasteiger charge is 2.31. The van der Waals surface area contributed by atoms with Gasteiger partial charge in [0.1, 0.15) is 15.8 Å². The summed E-state index contributed by atoms with van der Waals surface area (Å²) in [6.45, 7) is 3.70. The van der Waals surface area contributed by atoms with Crippen molar-refractivity contribution in [2.75, 3.05) is 13.2 Å². The summed E-state index contributed by atoms with van der Waals surface area (Å²) in [5.41, 5.74) is 3.12. The molecular weight excluding hydrogens is 450 g/mol. The molecule has 0 aliphatic carbocycles. The number of ether oxygens (including phenoxy) is 2. The number of amides is 1. The standard InChI is InChI=1S/C27H25NO3S2/c1-20-8-5-6-11-24(20)31-17-7-16-30-23-14-12-21(13-15-23)18-25-26(29)28(27(32)33-25)19-22-9-3-2-4-10-22/h2-6,8-15,18H,7,16-17,19H2,1H3. The van der Waals surface area contributed by atoms with Crippen molar-refractivity contribution in [2.24, 2.45) is 0 Å². The zero-order valence-corrected chi connectivity index (χ0v) is 20.0. The molecule has 168 valence electrons. The highest BCUT2D eigenvalue weighted by atomic mass is 32.2. The Morgan fingerprint density at radius 3 is 2.36 bits per heavy atom. The van der Waals surface area contributed by atoms with Gasteiger partial charge < -0.3 is 9.47 Å². The third kappa shape index (κ3) is 6.24. The molecule has 0 saturated carbocycles. The Balaban J connectivity index is 1.27. The second kappa shape index (κ2) is 11.2. The summed E-state index contributed by atoms with van der Waals surface area (Å²) in [5, 5.41) is 0. The Kier molecular flexibility index (Phi) is 7.81. The first-order chi connectivity index (χ1) is 16.1. The molecule has 0 unspecified atom stereocenters. The zero-order valence-electron chi connectivity index (χ0n) is 18.4. The maximum Gasteiger partial charge on any atom is 0.266 e. The van der Waals surface area contributed by atoms with Gasteiger partial charge in [-0.2, -0.15) is 0 Å². The molecule has 0 atom stereocenters. The number of aryl methyl sites for hydroxylation is 1. The third-order valence-corrected chi connectivity index (χ3v) is 6.52. The van der Waals surface area contributed by atoms with Crippen molar-refractivity contribution >= 4 is 40.3 Å². The Labute approximate surface area is 204 Å². The molecule has 4 rings (SSSR count). The molecule has 3 aromatic carbocycles. The largest absolute Gasteiger partial charge is 0.493 e. The van der Waals surface area contributed by atoms with Gasteiger partial charge in [-0.05, 0) is 47.9 Å². The van der Waals surface area contributed by atoms with E-state index in [1.54, 1.807) is 4.90 Å². The maximum absolute atomic E-state index is 12.8. The van der Waals surface area contributed by atoms with Crippen LogP contribution in [0.15, 0.2) is 83.8 Å². The van der Waals surface area contributed by atoms with E-state index in [9.17, 15) is 4.79 Å². The normalized spacial score (nSPS) is 14.7. The average molecular weight is 476 g/mol. The maximum atomic E-state index is 12.8. The van der Waals surface area contributed by atoms with E-state index in [1.807, 2.05) is 91.9 Å². The van der Waals surface area contributed by atoms with Crippen molar-refractivity contribution < 1.29 is 14.3 Å². The summed E-state index contributed by atoms with van der Waals surface area (Å²) >= 11 is 6.78. The van der Waals surface area contributed by atoms with Crippen molar-refractivity contribution in [2.45, 2.75) is 19.9 Å². The lowest BCUT2D eigenvalue weighted by atomic mass is 10.2. The number of nitrogens with zero attached hydrogens (tertiary/aromatic N) is 1. The van der Waals surface area contributed by atoms with Crippen molar-refractivity contribution in [3.63, 3.8) is 0 Å². The number of rotatable bonds is 9. The van der Waals surface area contributed by atoms with Gasteiger partial charge in [-0.3, -0.25) is 9.69 Å². The van der Waals surface area contributed by atoms with E-state index >= 15 is 0 Å². The first-order valence-corrected chi connectivity index (χ1v) is 12.0. The number of carbonyl (C=O) groups is 1. The first kappa shape index (κ1) is 23.1. The van der Waals surface area contributed by atoms with Gasteiger partial charge in [0.05, 0.1) is 24.7 Å². The molecule has 0 aromatic heterocycles. The van der Waals surface area contributed by atoms with Crippen LogP contribution in [0.2, 0.25) is 0 Å². The van der Waals surface area contributed by atoms with Crippen LogP contribution in [0.3, 0.4) is 0 Å². The number of thiocarbonyl (C=S) groups is 1. The van der Waals surface area contributed by atoms with E-state index in [-0.39, 0.29) is 5.91 Å². The predicted molar refractivity (Wildman–Crippen MR) is 138 cm³/mol. The minimum atomic E-state index is -0.0529. The van der Waals surface area contributed by atoms with Gasteiger partial charge in [-0.15, -0.1) is 0 Å². The minimum Gasteiger partial charge on any atom is -0.493 e. The molecular formula is C27H25NO3S2. The van der Waals surface area contributed by atoms with Crippen molar-refractivity contribution in [1.82, 2.24) is 4.90 Å². The minimum absolute atomic E-state index is 0.0529. The number of para-hydroxylation sites is 1. The van der Waals surface area contributed by atoms with Crippen LogP contribution in [0, 0.1) is 6.92 Å². The van der Waals surface area contributed by atoms with Gasteiger partial charge in [0.25, 0.3) is 5.91 Å². The van der Waals surface area contributed by atoms with E-state index in [1.165, 1.54) is 11.8 Å². The summed E-state index contributed by atoms with van der Waals surface area (Å²) in [4.78, 5) is 15.1. The molecule has 1 aliphatic rings. The molecule has 33 heavy (non-hydrogen) atoms. The lowest BCUT2D eigenvalue weighted by molar-refractivity contribution is -0.122. The fourth-order valence-corrected chi connectivity index (χ4v) is 4.62. The summed E-state index contributed by atoms with van der Waals surface area (Å²) in [7, 11) is 0. The number of carbonyl (C=O) groups excluding carboxylic acids is 1. The number of hydrogen-bond donors (Lipinski definition) is 0. The third-order valence-electron chi connectivity index (χ3n) is 5.14. The van der Waals surface area contributed by atoms with E-state index in [0.29, 0.717) is 29.0 Å². The number of hydrogen-bond acceptors (Lipinski definition) is 5. The smallest absolute Gasteiger partial charge is 0.266 e. The number of thioether (sulfide) groups is 1. The van der Waals surface area contributed by atoms with Crippen molar-refractivity contribution in [3.8, 4) is 11.5 Å². The van der Waals surface area contributed by atoms with E-state index in [0.717, 1.165) is 34.6 Å². The molecule has 1 saturated heterocycles. The van der Waals surface area contributed by atoms with Crippen LogP contribution < -0.4 is 9.47 Å². The Hall–Kier alpha value is -3.09. The Morgan fingerprint density at radius 1 is 0.909 bits per heavy atom. The van der Waals surface area contributed by atoms with Crippen LogP contribution in [0.25, 0.3) is 6.08 Å².